The van der Waals surface area contributed by atoms with Crippen molar-refractivity contribution in [3.05, 3.63) is 0 Å². The van der Waals surface area contributed by atoms with Crippen molar-refractivity contribution in [2.45, 2.75) is 38.1 Å². The maximum Gasteiger partial charge on any atom is 0.324 e. The summed E-state index contributed by atoms with van der Waals surface area (Å²) in [7, 11) is 0. The van der Waals surface area contributed by atoms with Gasteiger partial charge in [0.1, 0.15) is 5.88 Å². The number of carbonyl (C=O) groups excluding carboxylic acids is 2. The van der Waals surface area contributed by atoms with Crippen LogP contribution in [0.4, 0.5) is 4.79 Å². The Morgan fingerprint density at radius 2 is 2.00 bits per heavy atom. The van der Waals surface area contributed by atoms with E-state index >= 15 is 0 Å². The zero-order valence-electron chi connectivity index (χ0n) is 9.25. The van der Waals surface area contributed by atoms with E-state index in [-0.39, 0.29) is 11.9 Å². The third-order valence-corrected chi connectivity index (χ3v) is 3.88. The lowest BCUT2D eigenvalue weighted by Crippen LogP contribution is -2.47. The average Bonchev–Trinajstić information content (AvgIpc) is 2.72. The Balaban J connectivity index is 1.94. The molecule has 2 rings (SSSR count). The van der Waals surface area contributed by atoms with Crippen LogP contribution in [0.3, 0.4) is 0 Å². The minimum atomic E-state index is -0.411. The lowest BCUT2D eigenvalue weighted by Gasteiger charge is -2.31. The predicted octanol–water partition coefficient (Wildman–Crippen LogP) is 1.73. The molecule has 2 unspecified atom stereocenters. The van der Waals surface area contributed by atoms with Crippen molar-refractivity contribution in [1.29, 1.82) is 0 Å². The number of nitrogens with one attached hydrogen (secondary N) is 1. The van der Waals surface area contributed by atoms with Crippen LogP contribution < -0.4 is 5.32 Å². The second-order valence-electron chi connectivity index (χ2n) is 4.58. The minimum absolute atomic E-state index is 0.159. The summed E-state index contributed by atoms with van der Waals surface area (Å²) in [6.07, 6.45) is 5.84. The molecule has 4 nitrogen and oxygen atoms in total. The van der Waals surface area contributed by atoms with Crippen molar-refractivity contribution in [3.63, 3.8) is 0 Å². The van der Waals surface area contributed by atoms with Crippen LogP contribution in [0.2, 0.25) is 0 Å². The highest BCUT2D eigenvalue weighted by atomic mass is 35.5. The molecular formula is C11H17ClN2O2. The first-order valence-electron chi connectivity index (χ1n) is 5.89. The number of hydrogen-bond acceptors (Lipinski definition) is 2. The van der Waals surface area contributed by atoms with Crippen LogP contribution in [-0.2, 0) is 4.79 Å². The zero-order chi connectivity index (χ0) is 11.5. The van der Waals surface area contributed by atoms with E-state index in [1.54, 1.807) is 0 Å². The molecule has 0 aromatic carbocycles. The Labute approximate surface area is 100 Å². The summed E-state index contributed by atoms with van der Waals surface area (Å²) in [6, 6.07) is 0.0805. The van der Waals surface area contributed by atoms with E-state index in [2.05, 4.69) is 5.32 Å². The normalized spacial score (nSPS) is 28.7. The number of rotatable bonds is 1. The quantitative estimate of drug-likeness (QED) is 0.714. The first-order chi connectivity index (χ1) is 7.72. The molecule has 2 aliphatic rings. The lowest BCUT2D eigenvalue weighted by molar-refractivity contribution is -0.117. The van der Waals surface area contributed by atoms with E-state index in [1.165, 1.54) is 19.3 Å². The van der Waals surface area contributed by atoms with Crippen molar-refractivity contribution >= 4 is 23.5 Å². The van der Waals surface area contributed by atoms with E-state index < -0.39 is 5.91 Å². The molecule has 0 aromatic rings. The van der Waals surface area contributed by atoms with Crippen LogP contribution in [0.15, 0.2) is 0 Å². The Morgan fingerprint density at radius 1 is 1.25 bits per heavy atom. The van der Waals surface area contributed by atoms with Gasteiger partial charge < -0.3 is 4.90 Å². The molecule has 0 bridgehead atoms. The number of hydrogen-bond donors (Lipinski definition) is 1. The van der Waals surface area contributed by atoms with Crippen LogP contribution in [0.25, 0.3) is 0 Å². The number of nitrogens with zero attached hydrogens (tertiary/aromatic N) is 1. The molecule has 0 aromatic heterocycles. The second-order valence-corrected chi connectivity index (χ2v) is 4.85. The molecule has 5 heteroatoms. The molecule has 1 N–H and O–H groups in total. The lowest BCUT2D eigenvalue weighted by atomic mass is 9.85. The monoisotopic (exact) mass is 244 g/mol. The van der Waals surface area contributed by atoms with Gasteiger partial charge in [-0.05, 0) is 25.2 Å². The summed E-state index contributed by atoms with van der Waals surface area (Å²) in [6.45, 7) is 0.775. The molecule has 1 heterocycles. The van der Waals surface area contributed by atoms with Gasteiger partial charge in [-0.2, -0.15) is 0 Å². The maximum atomic E-state index is 11.8. The van der Waals surface area contributed by atoms with Crippen LogP contribution >= 0.6 is 11.6 Å². The number of likely N-dealkylation sites (tertiary alicyclic amines) is 1. The fourth-order valence-electron chi connectivity index (χ4n) is 2.88. The van der Waals surface area contributed by atoms with Crippen molar-refractivity contribution in [2.24, 2.45) is 5.92 Å². The van der Waals surface area contributed by atoms with Crippen LogP contribution in [-0.4, -0.2) is 35.3 Å². The number of halogens is 1. The maximum absolute atomic E-state index is 11.8. The molecule has 0 spiro atoms. The van der Waals surface area contributed by atoms with Gasteiger partial charge in [-0.15, -0.1) is 11.6 Å². The first kappa shape index (κ1) is 11.7. The molecule has 2 fully saturated rings. The molecule has 90 valence electrons. The van der Waals surface area contributed by atoms with Gasteiger partial charge in [-0.1, -0.05) is 12.8 Å². The molecule has 3 amide bonds. The summed E-state index contributed by atoms with van der Waals surface area (Å²) in [5.41, 5.74) is 0. The largest absolute Gasteiger partial charge is 0.324 e. The highest BCUT2D eigenvalue weighted by Crippen LogP contribution is 2.35. The molecule has 16 heavy (non-hydrogen) atoms. The fourth-order valence-corrected chi connectivity index (χ4v) is 2.95. The van der Waals surface area contributed by atoms with Gasteiger partial charge in [0.15, 0.2) is 0 Å². The van der Waals surface area contributed by atoms with E-state index in [0.717, 1.165) is 19.4 Å². The molecule has 2 atom stereocenters. The highest BCUT2D eigenvalue weighted by molar-refractivity contribution is 6.28. The molecule has 1 aliphatic heterocycles. The van der Waals surface area contributed by atoms with Crippen LogP contribution in [0.5, 0.6) is 0 Å². The smallest absolute Gasteiger partial charge is 0.321 e. The SMILES string of the molecule is O=C(CCl)NC(=O)N1CCC2CCCCC21. The Kier molecular flexibility index (Phi) is 3.69. The van der Waals surface area contributed by atoms with Gasteiger partial charge in [-0.3, -0.25) is 10.1 Å². The number of carbonyl (C=O) groups is 2. The molecule has 0 radical (unpaired) electrons. The standard InChI is InChI=1S/C11H17ClN2O2/c12-7-10(15)13-11(16)14-6-5-8-3-1-2-4-9(8)14/h8-9H,1-7H2,(H,13,15,16). The number of fused-ring (bicyclic) bond motifs is 1. The number of alkyl halides is 1. The molecule has 1 saturated carbocycles. The predicted molar refractivity (Wildman–Crippen MR) is 61.3 cm³/mol. The molecule has 1 aliphatic carbocycles. The van der Waals surface area contributed by atoms with E-state index in [1.807, 2.05) is 4.90 Å². The van der Waals surface area contributed by atoms with Crippen LogP contribution in [0.1, 0.15) is 32.1 Å². The third kappa shape index (κ3) is 2.32. The van der Waals surface area contributed by atoms with Gasteiger partial charge in [-0.25, -0.2) is 4.79 Å². The van der Waals surface area contributed by atoms with Crippen LogP contribution in [0, 0.1) is 5.92 Å². The number of imide groups is 1. The summed E-state index contributed by atoms with van der Waals surface area (Å²) in [5.74, 6) is 0.0738. The van der Waals surface area contributed by atoms with Gasteiger partial charge in [0.05, 0.1) is 0 Å². The number of amides is 3. The first-order valence-corrected chi connectivity index (χ1v) is 6.42. The van der Waals surface area contributed by atoms with Crippen molar-refractivity contribution in [2.75, 3.05) is 12.4 Å². The zero-order valence-corrected chi connectivity index (χ0v) is 10.0. The number of urea groups is 1. The second kappa shape index (κ2) is 5.04. The van der Waals surface area contributed by atoms with Crippen molar-refractivity contribution in [3.8, 4) is 0 Å². The van der Waals surface area contributed by atoms with Gasteiger partial charge >= 0.3 is 6.03 Å². The summed E-state index contributed by atoms with van der Waals surface area (Å²) >= 11 is 5.36. The molecule has 1 saturated heterocycles. The van der Waals surface area contributed by atoms with Gasteiger partial charge in [0.2, 0.25) is 5.91 Å². The molecular weight excluding hydrogens is 228 g/mol. The average molecular weight is 245 g/mol. The van der Waals surface area contributed by atoms with Crippen molar-refractivity contribution in [1.82, 2.24) is 10.2 Å². The summed E-state index contributed by atoms with van der Waals surface area (Å²) in [5, 5.41) is 2.32. The Morgan fingerprint density at radius 3 is 2.75 bits per heavy atom. The topological polar surface area (TPSA) is 49.4 Å². The highest BCUT2D eigenvalue weighted by Gasteiger charge is 2.38. The summed E-state index contributed by atoms with van der Waals surface area (Å²) < 4.78 is 0. The Hall–Kier alpha value is -0.770. The van der Waals surface area contributed by atoms with E-state index in [9.17, 15) is 9.59 Å². The minimum Gasteiger partial charge on any atom is -0.321 e. The van der Waals surface area contributed by atoms with E-state index in [4.69, 9.17) is 11.6 Å². The van der Waals surface area contributed by atoms with Gasteiger partial charge in [0.25, 0.3) is 0 Å². The van der Waals surface area contributed by atoms with E-state index in [0.29, 0.717) is 12.0 Å². The van der Waals surface area contributed by atoms with Gasteiger partial charge in [0, 0.05) is 12.6 Å². The van der Waals surface area contributed by atoms with Crippen molar-refractivity contribution < 1.29 is 9.59 Å². The Bertz CT molecular complexity index is 296. The fraction of sp³-hybridized carbons (Fsp3) is 0.818. The summed E-state index contributed by atoms with van der Waals surface area (Å²) in [4.78, 5) is 24.7. The third-order valence-electron chi connectivity index (χ3n) is 3.64.